The Bertz CT molecular complexity index is 483. The molecule has 1 atom stereocenters. The number of ether oxygens (including phenoxy) is 1. The molecule has 21 heavy (non-hydrogen) atoms. The van der Waals surface area contributed by atoms with Gasteiger partial charge in [0, 0.05) is 12.6 Å². The van der Waals surface area contributed by atoms with E-state index in [9.17, 15) is 14.3 Å². The normalized spacial score (nSPS) is 13.0. The number of hydrogen-bond donors (Lipinski definition) is 2. The van der Waals surface area contributed by atoms with Crippen molar-refractivity contribution in [2.75, 3.05) is 7.11 Å². The van der Waals surface area contributed by atoms with E-state index in [1.165, 1.54) is 19.2 Å². The number of methoxy groups -OCH3 is 1. The number of carboxylic acids is 1. The quantitative estimate of drug-likeness (QED) is 0.811. The van der Waals surface area contributed by atoms with Crippen LogP contribution in [-0.2, 0) is 11.3 Å². The number of rotatable bonds is 7. The number of carboxylic acid groups (broad SMARTS) is 1. The summed E-state index contributed by atoms with van der Waals surface area (Å²) in [4.78, 5) is 11.3. The van der Waals surface area contributed by atoms with Gasteiger partial charge in [0.15, 0.2) is 0 Å². The Morgan fingerprint density at radius 1 is 1.38 bits per heavy atom. The number of carbonyl (C=O) groups is 1. The highest BCUT2D eigenvalue weighted by atomic mass is 19.1. The average molecular weight is 297 g/mol. The maximum atomic E-state index is 13.4. The molecular weight excluding hydrogens is 273 g/mol. The van der Waals surface area contributed by atoms with Gasteiger partial charge < -0.3 is 15.2 Å². The molecule has 0 radical (unpaired) electrons. The van der Waals surface area contributed by atoms with Gasteiger partial charge in [-0.15, -0.1) is 0 Å². The molecule has 0 aliphatic heterocycles. The van der Waals surface area contributed by atoms with Gasteiger partial charge in [-0.3, -0.25) is 4.79 Å². The lowest BCUT2D eigenvalue weighted by molar-refractivity contribution is -0.139. The summed E-state index contributed by atoms with van der Waals surface area (Å²) in [6.45, 7) is 6.51. The standard InChI is InChI=1S/C16H24FNO3/c1-16(2,3)6-5-14(15(19)20)18-10-11-7-12(17)9-13(8-11)21-4/h7-9,14,18H,5-6,10H2,1-4H3,(H,19,20). The summed E-state index contributed by atoms with van der Waals surface area (Å²) in [5.41, 5.74) is 0.742. The lowest BCUT2D eigenvalue weighted by atomic mass is 9.88. The van der Waals surface area contributed by atoms with Crippen molar-refractivity contribution in [3.63, 3.8) is 0 Å². The molecule has 0 fully saturated rings. The number of halogens is 1. The predicted molar refractivity (Wildman–Crippen MR) is 79.9 cm³/mol. The first kappa shape index (κ1) is 17.4. The second-order valence-electron chi connectivity index (χ2n) is 6.37. The van der Waals surface area contributed by atoms with Gasteiger partial charge >= 0.3 is 5.97 Å². The smallest absolute Gasteiger partial charge is 0.320 e. The van der Waals surface area contributed by atoms with E-state index >= 15 is 0 Å². The number of hydrogen-bond acceptors (Lipinski definition) is 3. The zero-order valence-electron chi connectivity index (χ0n) is 13.1. The van der Waals surface area contributed by atoms with Gasteiger partial charge in [0.1, 0.15) is 17.6 Å². The third-order valence-electron chi connectivity index (χ3n) is 3.20. The van der Waals surface area contributed by atoms with Crippen molar-refractivity contribution >= 4 is 5.97 Å². The maximum Gasteiger partial charge on any atom is 0.320 e. The van der Waals surface area contributed by atoms with E-state index in [1.807, 2.05) is 0 Å². The van der Waals surface area contributed by atoms with Gasteiger partial charge in [-0.1, -0.05) is 20.8 Å². The monoisotopic (exact) mass is 297 g/mol. The molecule has 1 aromatic carbocycles. The summed E-state index contributed by atoms with van der Waals surface area (Å²) in [5.74, 6) is -0.858. The Morgan fingerprint density at radius 2 is 2.05 bits per heavy atom. The molecule has 118 valence electrons. The molecule has 1 rings (SSSR count). The molecule has 0 aliphatic rings. The van der Waals surface area contributed by atoms with Gasteiger partial charge in [-0.2, -0.15) is 0 Å². The van der Waals surface area contributed by atoms with Gasteiger partial charge in [0.2, 0.25) is 0 Å². The Labute approximate surface area is 125 Å². The molecule has 0 aromatic heterocycles. The molecule has 0 spiro atoms. The van der Waals surface area contributed by atoms with Crippen molar-refractivity contribution in [2.24, 2.45) is 5.41 Å². The fourth-order valence-electron chi connectivity index (χ4n) is 1.97. The molecule has 0 heterocycles. The van der Waals surface area contributed by atoms with Crippen molar-refractivity contribution < 1.29 is 19.0 Å². The van der Waals surface area contributed by atoms with Crippen LogP contribution in [0.3, 0.4) is 0 Å². The molecule has 0 saturated carbocycles. The first-order valence-electron chi connectivity index (χ1n) is 7.01. The number of aliphatic carboxylic acids is 1. The van der Waals surface area contributed by atoms with E-state index < -0.39 is 17.8 Å². The van der Waals surface area contributed by atoms with Crippen LogP contribution in [0.5, 0.6) is 5.75 Å². The lowest BCUT2D eigenvalue weighted by Crippen LogP contribution is -2.37. The van der Waals surface area contributed by atoms with Gasteiger partial charge in [-0.25, -0.2) is 4.39 Å². The van der Waals surface area contributed by atoms with E-state index in [4.69, 9.17) is 4.74 Å². The van der Waals surface area contributed by atoms with Crippen molar-refractivity contribution in [3.05, 3.63) is 29.6 Å². The summed E-state index contributed by atoms with van der Waals surface area (Å²) in [6.07, 6.45) is 1.33. The second-order valence-corrected chi connectivity index (χ2v) is 6.37. The van der Waals surface area contributed by atoms with E-state index in [0.29, 0.717) is 17.7 Å². The largest absolute Gasteiger partial charge is 0.497 e. The van der Waals surface area contributed by atoms with Crippen LogP contribution in [0.15, 0.2) is 18.2 Å². The molecular formula is C16H24FNO3. The molecule has 1 aromatic rings. The van der Waals surface area contributed by atoms with Crippen molar-refractivity contribution in [1.29, 1.82) is 0 Å². The summed E-state index contributed by atoms with van der Waals surface area (Å²) >= 11 is 0. The van der Waals surface area contributed by atoms with E-state index in [1.54, 1.807) is 6.07 Å². The van der Waals surface area contributed by atoms with Crippen LogP contribution in [0.25, 0.3) is 0 Å². The Hall–Kier alpha value is -1.62. The molecule has 2 N–H and O–H groups in total. The first-order chi connectivity index (χ1) is 9.71. The van der Waals surface area contributed by atoms with Crippen LogP contribution in [-0.4, -0.2) is 24.2 Å². The van der Waals surface area contributed by atoms with Crippen LogP contribution in [0.4, 0.5) is 4.39 Å². The van der Waals surface area contributed by atoms with E-state index in [-0.39, 0.29) is 12.0 Å². The topological polar surface area (TPSA) is 58.6 Å². The minimum Gasteiger partial charge on any atom is -0.497 e. The highest BCUT2D eigenvalue weighted by Crippen LogP contribution is 2.22. The third kappa shape index (κ3) is 6.58. The summed E-state index contributed by atoms with van der Waals surface area (Å²) in [6, 6.07) is 3.72. The Morgan fingerprint density at radius 3 is 2.57 bits per heavy atom. The van der Waals surface area contributed by atoms with Crippen LogP contribution in [0, 0.1) is 11.2 Å². The molecule has 4 nitrogen and oxygen atoms in total. The summed E-state index contributed by atoms with van der Waals surface area (Å²) in [7, 11) is 1.47. The zero-order chi connectivity index (χ0) is 16.0. The van der Waals surface area contributed by atoms with Crippen LogP contribution in [0.2, 0.25) is 0 Å². The first-order valence-corrected chi connectivity index (χ1v) is 7.01. The van der Waals surface area contributed by atoms with Crippen LogP contribution >= 0.6 is 0 Å². The third-order valence-corrected chi connectivity index (χ3v) is 3.20. The summed E-state index contributed by atoms with van der Waals surface area (Å²) in [5, 5.41) is 12.2. The Balaban J connectivity index is 2.65. The van der Waals surface area contributed by atoms with Gasteiger partial charge in [-0.05, 0) is 36.0 Å². The van der Waals surface area contributed by atoms with Crippen molar-refractivity contribution in [2.45, 2.75) is 46.2 Å². The SMILES string of the molecule is COc1cc(F)cc(CNC(CCC(C)(C)C)C(=O)O)c1. The molecule has 5 heteroatoms. The van der Waals surface area contributed by atoms with Gasteiger partial charge in [0.25, 0.3) is 0 Å². The van der Waals surface area contributed by atoms with Crippen LogP contribution < -0.4 is 10.1 Å². The predicted octanol–water partition coefficient (Wildman–Crippen LogP) is 3.20. The lowest BCUT2D eigenvalue weighted by Gasteiger charge is -2.21. The minimum atomic E-state index is -0.886. The fraction of sp³-hybridized carbons (Fsp3) is 0.562. The fourth-order valence-corrected chi connectivity index (χ4v) is 1.97. The van der Waals surface area contributed by atoms with E-state index in [0.717, 1.165) is 6.42 Å². The number of nitrogens with one attached hydrogen (secondary N) is 1. The average Bonchev–Trinajstić information content (AvgIpc) is 2.36. The highest BCUT2D eigenvalue weighted by Gasteiger charge is 2.20. The van der Waals surface area contributed by atoms with E-state index in [2.05, 4.69) is 26.1 Å². The summed E-state index contributed by atoms with van der Waals surface area (Å²) < 4.78 is 18.4. The zero-order valence-corrected chi connectivity index (χ0v) is 13.1. The van der Waals surface area contributed by atoms with Crippen molar-refractivity contribution in [1.82, 2.24) is 5.32 Å². The molecule has 0 bridgehead atoms. The maximum absolute atomic E-state index is 13.4. The molecule has 0 amide bonds. The van der Waals surface area contributed by atoms with Crippen molar-refractivity contribution in [3.8, 4) is 5.75 Å². The minimum absolute atomic E-state index is 0.0808. The molecule has 0 aliphatic carbocycles. The molecule has 1 unspecified atom stereocenters. The highest BCUT2D eigenvalue weighted by molar-refractivity contribution is 5.73. The number of benzene rings is 1. The Kier molecular flexibility index (Phi) is 6.15. The molecule has 0 saturated heterocycles. The van der Waals surface area contributed by atoms with Gasteiger partial charge in [0.05, 0.1) is 7.11 Å². The van der Waals surface area contributed by atoms with Crippen LogP contribution in [0.1, 0.15) is 39.2 Å². The second kappa shape index (κ2) is 7.41.